The molecule has 3 atom stereocenters. The maximum atomic E-state index is 12.1. The van der Waals surface area contributed by atoms with Gasteiger partial charge < -0.3 is 10.4 Å². The highest BCUT2D eigenvalue weighted by atomic mass is 16.3. The summed E-state index contributed by atoms with van der Waals surface area (Å²) in [5, 5.41) is 16.0. The average molecular weight is 260 g/mol. The van der Waals surface area contributed by atoms with Gasteiger partial charge in [0, 0.05) is 17.3 Å². The predicted molar refractivity (Wildman–Crippen MR) is 73.9 cm³/mol. The van der Waals surface area contributed by atoms with Crippen LogP contribution in [0.15, 0.2) is 18.2 Å². The maximum absolute atomic E-state index is 12.1. The minimum atomic E-state index is -0.273. The highest BCUT2D eigenvalue weighted by molar-refractivity contribution is 6.02. The molecule has 1 saturated carbocycles. The number of amides is 1. The second kappa shape index (κ2) is 4.94. The number of aryl methyl sites for hydroxylation is 1. The topological polar surface area (TPSA) is 61.4 Å². The molecule has 2 aliphatic rings. The number of nitrogens with one attached hydrogen (secondary N) is 2. The Hall–Kier alpha value is -1.39. The normalized spacial score (nSPS) is 30.0. The summed E-state index contributed by atoms with van der Waals surface area (Å²) in [6.07, 6.45) is 3.44. The van der Waals surface area contributed by atoms with Gasteiger partial charge in [0.05, 0.1) is 6.10 Å². The van der Waals surface area contributed by atoms with Gasteiger partial charge in [0.25, 0.3) is 0 Å². The third-order valence-electron chi connectivity index (χ3n) is 4.09. The van der Waals surface area contributed by atoms with Crippen molar-refractivity contribution in [1.82, 2.24) is 5.32 Å². The van der Waals surface area contributed by atoms with E-state index in [0.29, 0.717) is 0 Å². The molecule has 1 amide bonds. The zero-order chi connectivity index (χ0) is 13.4. The second-order valence-corrected chi connectivity index (χ2v) is 5.70. The van der Waals surface area contributed by atoms with Crippen LogP contribution in [0, 0.1) is 6.92 Å². The Morgan fingerprint density at radius 3 is 3.00 bits per heavy atom. The zero-order valence-corrected chi connectivity index (χ0v) is 11.1. The van der Waals surface area contributed by atoms with Crippen molar-refractivity contribution in [2.24, 2.45) is 0 Å². The number of fused-ring (bicyclic) bond motifs is 1. The van der Waals surface area contributed by atoms with Crippen molar-refractivity contribution in [2.75, 3.05) is 5.32 Å². The third-order valence-corrected chi connectivity index (χ3v) is 4.09. The summed E-state index contributed by atoms with van der Waals surface area (Å²) in [4.78, 5) is 12.1. The number of carbonyl (C=O) groups excluding carboxylic acids is 1. The van der Waals surface area contributed by atoms with Gasteiger partial charge in [0.2, 0.25) is 5.91 Å². The summed E-state index contributed by atoms with van der Waals surface area (Å²) in [6.45, 7) is 2.03. The van der Waals surface area contributed by atoms with Gasteiger partial charge in [-0.1, -0.05) is 17.7 Å². The summed E-state index contributed by atoms with van der Waals surface area (Å²) in [5.41, 5.74) is 3.10. The molecule has 3 N–H and O–H groups in total. The highest BCUT2D eigenvalue weighted by Crippen LogP contribution is 2.33. The number of aliphatic hydroxyl groups excluding tert-OH is 1. The minimum absolute atomic E-state index is 0.0145. The van der Waals surface area contributed by atoms with Crippen LogP contribution >= 0.6 is 0 Å². The Morgan fingerprint density at radius 2 is 2.21 bits per heavy atom. The molecule has 1 aliphatic heterocycles. The monoisotopic (exact) mass is 260 g/mol. The maximum Gasteiger partial charge on any atom is 0.246 e. The Kier molecular flexibility index (Phi) is 3.29. The van der Waals surface area contributed by atoms with Crippen LogP contribution in [0.25, 0.3) is 0 Å². The van der Waals surface area contributed by atoms with Crippen LogP contribution in [0.4, 0.5) is 5.69 Å². The average Bonchev–Trinajstić information content (AvgIpc) is 2.66. The number of hydrogen-bond donors (Lipinski definition) is 3. The minimum Gasteiger partial charge on any atom is -0.393 e. The first kappa shape index (κ1) is 12.6. The highest BCUT2D eigenvalue weighted by Gasteiger charge is 2.33. The molecule has 0 saturated heterocycles. The molecule has 102 valence electrons. The molecule has 1 aromatic rings. The summed E-state index contributed by atoms with van der Waals surface area (Å²) in [5.74, 6) is 0.0145. The lowest BCUT2D eigenvalue weighted by Gasteiger charge is -2.28. The lowest BCUT2D eigenvalue weighted by atomic mass is 9.92. The molecular formula is C15H20N2O2. The molecule has 3 unspecified atom stereocenters. The van der Waals surface area contributed by atoms with E-state index in [4.69, 9.17) is 0 Å². The molecule has 0 spiro atoms. The van der Waals surface area contributed by atoms with Crippen LogP contribution in [-0.4, -0.2) is 23.2 Å². The molecule has 0 radical (unpaired) electrons. The molecular weight excluding hydrogens is 240 g/mol. The lowest BCUT2D eigenvalue weighted by molar-refractivity contribution is -0.118. The molecule has 4 nitrogen and oxygen atoms in total. The van der Waals surface area contributed by atoms with E-state index in [1.54, 1.807) is 0 Å². The van der Waals surface area contributed by atoms with Gasteiger partial charge in [0.1, 0.15) is 6.04 Å². The van der Waals surface area contributed by atoms with Crippen molar-refractivity contribution in [3.05, 3.63) is 29.3 Å². The number of hydrogen-bond acceptors (Lipinski definition) is 3. The zero-order valence-electron chi connectivity index (χ0n) is 11.1. The quantitative estimate of drug-likeness (QED) is 0.761. The Balaban J connectivity index is 1.78. The van der Waals surface area contributed by atoms with E-state index in [1.165, 1.54) is 0 Å². The van der Waals surface area contributed by atoms with Crippen molar-refractivity contribution < 1.29 is 9.90 Å². The number of carbonyl (C=O) groups is 1. The third kappa shape index (κ3) is 2.51. The van der Waals surface area contributed by atoms with Gasteiger partial charge in [-0.3, -0.25) is 10.1 Å². The number of benzene rings is 1. The molecule has 0 bridgehead atoms. The van der Waals surface area contributed by atoms with E-state index in [-0.39, 0.29) is 24.1 Å². The van der Waals surface area contributed by atoms with Crippen LogP contribution in [0.1, 0.15) is 42.9 Å². The molecule has 4 heteroatoms. The predicted octanol–water partition coefficient (Wildman–Crippen LogP) is 1.88. The van der Waals surface area contributed by atoms with Crippen molar-refractivity contribution in [1.29, 1.82) is 0 Å². The van der Waals surface area contributed by atoms with Crippen molar-refractivity contribution >= 4 is 11.6 Å². The Labute approximate surface area is 113 Å². The van der Waals surface area contributed by atoms with Crippen molar-refractivity contribution in [2.45, 2.75) is 50.8 Å². The number of rotatable bonds is 2. The first-order valence-electron chi connectivity index (χ1n) is 6.99. The summed E-state index contributed by atoms with van der Waals surface area (Å²) < 4.78 is 0. The van der Waals surface area contributed by atoms with Gasteiger partial charge >= 0.3 is 0 Å². The van der Waals surface area contributed by atoms with E-state index >= 15 is 0 Å². The Morgan fingerprint density at radius 1 is 1.37 bits per heavy atom. The van der Waals surface area contributed by atoms with E-state index in [1.807, 2.05) is 19.1 Å². The van der Waals surface area contributed by atoms with E-state index in [2.05, 4.69) is 16.7 Å². The van der Waals surface area contributed by atoms with Crippen LogP contribution in [0.5, 0.6) is 0 Å². The van der Waals surface area contributed by atoms with E-state index in [9.17, 15) is 9.90 Å². The van der Waals surface area contributed by atoms with Crippen molar-refractivity contribution in [3.63, 3.8) is 0 Å². The van der Waals surface area contributed by atoms with Gasteiger partial charge in [-0.2, -0.15) is 0 Å². The summed E-state index contributed by atoms with van der Waals surface area (Å²) in [6, 6.07) is 5.98. The molecule has 1 fully saturated rings. The lowest BCUT2D eigenvalue weighted by Crippen LogP contribution is -2.40. The van der Waals surface area contributed by atoms with Crippen LogP contribution in [0.3, 0.4) is 0 Å². The molecule has 1 heterocycles. The SMILES string of the molecule is Cc1ccc2c(c1)C(NC1CCCC(O)C1)C(=O)N2. The molecule has 1 aromatic carbocycles. The van der Waals surface area contributed by atoms with Gasteiger partial charge in [0.15, 0.2) is 0 Å². The van der Waals surface area contributed by atoms with Gasteiger partial charge in [-0.25, -0.2) is 0 Å². The standard InChI is InChI=1S/C15H20N2O2/c1-9-5-6-13-12(7-9)14(15(19)17-13)16-10-3-2-4-11(18)8-10/h5-7,10-11,14,16,18H,2-4,8H2,1H3,(H,17,19). The van der Waals surface area contributed by atoms with Gasteiger partial charge in [-0.15, -0.1) is 0 Å². The van der Waals surface area contributed by atoms with Crippen LogP contribution in [-0.2, 0) is 4.79 Å². The summed E-state index contributed by atoms with van der Waals surface area (Å²) in [7, 11) is 0. The largest absolute Gasteiger partial charge is 0.393 e. The van der Waals surface area contributed by atoms with E-state index in [0.717, 1.165) is 42.5 Å². The molecule has 3 rings (SSSR count). The fourth-order valence-corrected chi connectivity index (χ4v) is 3.10. The second-order valence-electron chi connectivity index (χ2n) is 5.70. The fourth-order valence-electron chi connectivity index (χ4n) is 3.10. The number of anilines is 1. The first-order valence-corrected chi connectivity index (χ1v) is 6.99. The fraction of sp³-hybridized carbons (Fsp3) is 0.533. The molecule has 0 aromatic heterocycles. The van der Waals surface area contributed by atoms with Crippen LogP contribution < -0.4 is 10.6 Å². The van der Waals surface area contributed by atoms with E-state index < -0.39 is 0 Å². The first-order chi connectivity index (χ1) is 9.13. The van der Waals surface area contributed by atoms with Crippen LogP contribution in [0.2, 0.25) is 0 Å². The van der Waals surface area contributed by atoms with Gasteiger partial charge in [-0.05, 0) is 38.7 Å². The Bertz CT molecular complexity index is 501. The molecule has 19 heavy (non-hydrogen) atoms. The van der Waals surface area contributed by atoms with Crippen molar-refractivity contribution in [3.8, 4) is 0 Å². The molecule has 1 aliphatic carbocycles. The summed E-state index contributed by atoms with van der Waals surface area (Å²) >= 11 is 0. The number of aliphatic hydroxyl groups is 1. The smallest absolute Gasteiger partial charge is 0.246 e.